The van der Waals surface area contributed by atoms with Crippen LogP contribution in [0.15, 0.2) is 24.3 Å². The average Bonchev–Trinajstić information content (AvgIpc) is 2.27. The third-order valence-corrected chi connectivity index (χ3v) is 1.99. The second-order valence-corrected chi connectivity index (χ2v) is 3.26. The first-order valence-electron chi connectivity index (χ1n) is 4.79. The Kier molecular flexibility index (Phi) is 4.68. The number of nitrogens with zero attached hydrogens (tertiary/aromatic N) is 1. The summed E-state index contributed by atoms with van der Waals surface area (Å²) < 4.78 is 4.75. The van der Waals surface area contributed by atoms with Gasteiger partial charge in [-0.3, -0.25) is 10.1 Å². The minimum Gasteiger partial charge on any atom is -0.389 e. The Labute approximate surface area is 93.0 Å². The molecule has 1 rings (SSSR count). The number of benzene rings is 1. The van der Waals surface area contributed by atoms with Gasteiger partial charge >= 0.3 is 0 Å². The highest BCUT2D eigenvalue weighted by atomic mass is 16.6. The summed E-state index contributed by atoms with van der Waals surface area (Å²) >= 11 is 0. The fraction of sp³-hybridized carbons (Fsp3) is 0.400. The van der Waals surface area contributed by atoms with Gasteiger partial charge in [-0.25, -0.2) is 0 Å². The van der Waals surface area contributed by atoms with Crippen molar-refractivity contribution in [2.24, 2.45) is 0 Å². The molecule has 0 fully saturated rings. The molecule has 6 heteroatoms. The van der Waals surface area contributed by atoms with Gasteiger partial charge in [-0.1, -0.05) is 12.1 Å². The zero-order valence-corrected chi connectivity index (χ0v) is 8.92. The molecule has 1 aromatic rings. The Morgan fingerprint density at radius 1 is 1.56 bits per heavy atom. The monoisotopic (exact) mass is 226 g/mol. The van der Waals surface area contributed by atoms with Crippen molar-refractivity contribution in [3.8, 4) is 0 Å². The van der Waals surface area contributed by atoms with Gasteiger partial charge in [0, 0.05) is 19.7 Å². The Bertz CT molecular complexity index is 356. The standard InChI is InChI=1S/C10H14N2O4/c1-16-7-8(13)6-11-9-4-2-3-5-10(9)12(14)15/h2-5,8,11,13H,6-7H2,1H3/t8-/m0/s1. The van der Waals surface area contributed by atoms with Crippen LogP contribution in [-0.4, -0.2) is 36.4 Å². The van der Waals surface area contributed by atoms with E-state index < -0.39 is 11.0 Å². The molecule has 1 atom stereocenters. The second kappa shape index (κ2) is 6.04. The van der Waals surface area contributed by atoms with Crippen LogP contribution >= 0.6 is 0 Å². The zero-order valence-electron chi connectivity index (χ0n) is 8.92. The van der Waals surface area contributed by atoms with Crippen molar-refractivity contribution in [3.63, 3.8) is 0 Å². The Balaban J connectivity index is 2.63. The molecule has 0 unspecified atom stereocenters. The lowest BCUT2D eigenvalue weighted by Crippen LogP contribution is -2.24. The molecule has 0 aliphatic heterocycles. The van der Waals surface area contributed by atoms with Crippen LogP contribution in [0.1, 0.15) is 0 Å². The molecule has 0 aromatic heterocycles. The maximum atomic E-state index is 10.7. The van der Waals surface area contributed by atoms with Crippen molar-refractivity contribution in [1.29, 1.82) is 0 Å². The predicted octanol–water partition coefficient (Wildman–Crippen LogP) is 1.01. The molecule has 0 radical (unpaired) electrons. The van der Waals surface area contributed by atoms with Crippen LogP contribution in [0.2, 0.25) is 0 Å². The Morgan fingerprint density at radius 2 is 2.25 bits per heavy atom. The van der Waals surface area contributed by atoms with Crippen molar-refractivity contribution < 1.29 is 14.8 Å². The van der Waals surface area contributed by atoms with Crippen molar-refractivity contribution in [2.45, 2.75) is 6.10 Å². The van der Waals surface area contributed by atoms with Crippen LogP contribution in [0.5, 0.6) is 0 Å². The highest BCUT2D eigenvalue weighted by Crippen LogP contribution is 2.22. The van der Waals surface area contributed by atoms with E-state index in [1.54, 1.807) is 18.2 Å². The van der Waals surface area contributed by atoms with Gasteiger partial charge in [0.25, 0.3) is 5.69 Å². The smallest absolute Gasteiger partial charge is 0.292 e. The van der Waals surface area contributed by atoms with Gasteiger partial charge in [-0.15, -0.1) is 0 Å². The summed E-state index contributed by atoms with van der Waals surface area (Å²) in [5.74, 6) is 0. The second-order valence-electron chi connectivity index (χ2n) is 3.26. The number of ether oxygens (including phenoxy) is 1. The van der Waals surface area contributed by atoms with Gasteiger partial charge in [-0.05, 0) is 6.07 Å². The predicted molar refractivity (Wildman–Crippen MR) is 59.5 cm³/mol. The summed E-state index contributed by atoms with van der Waals surface area (Å²) in [6, 6.07) is 6.29. The lowest BCUT2D eigenvalue weighted by Gasteiger charge is -2.11. The van der Waals surface area contributed by atoms with Gasteiger partial charge in [0.2, 0.25) is 0 Å². The number of hydrogen-bond donors (Lipinski definition) is 2. The number of para-hydroxylation sites is 2. The molecule has 0 heterocycles. The third kappa shape index (κ3) is 3.48. The number of methoxy groups -OCH3 is 1. The SMILES string of the molecule is COC[C@@H](O)CNc1ccccc1[N+](=O)[O-]. The summed E-state index contributed by atoms with van der Waals surface area (Å²) in [5, 5.41) is 22.9. The van der Waals surface area contributed by atoms with Crippen molar-refractivity contribution in [2.75, 3.05) is 25.6 Å². The normalized spacial score (nSPS) is 12.1. The molecular weight excluding hydrogens is 212 g/mol. The van der Waals surface area contributed by atoms with Crippen molar-refractivity contribution >= 4 is 11.4 Å². The largest absolute Gasteiger partial charge is 0.389 e. The lowest BCUT2D eigenvalue weighted by atomic mass is 10.2. The van der Waals surface area contributed by atoms with Crippen molar-refractivity contribution in [1.82, 2.24) is 0 Å². The van der Waals surface area contributed by atoms with Gasteiger partial charge in [0.15, 0.2) is 0 Å². The summed E-state index contributed by atoms with van der Waals surface area (Å²) in [5.41, 5.74) is 0.384. The number of nitro benzene ring substituents is 1. The molecule has 88 valence electrons. The molecule has 0 amide bonds. The van der Waals surface area contributed by atoms with E-state index in [-0.39, 0.29) is 18.8 Å². The van der Waals surface area contributed by atoms with Crippen LogP contribution in [0.3, 0.4) is 0 Å². The van der Waals surface area contributed by atoms with E-state index in [1.807, 2.05) is 0 Å². The molecular formula is C10H14N2O4. The molecule has 0 saturated heterocycles. The van der Waals surface area contributed by atoms with Gasteiger partial charge in [0.1, 0.15) is 5.69 Å². The first-order valence-corrected chi connectivity index (χ1v) is 4.79. The Hall–Kier alpha value is -1.66. The number of anilines is 1. The minimum atomic E-state index is -0.690. The van der Waals surface area contributed by atoms with Crippen LogP contribution in [0.25, 0.3) is 0 Å². The molecule has 1 aromatic carbocycles. The molecule has 0 bridgehead atoms. The molecule has 0 spiro atoms. The molecule has 0 aliphatic rings. The van der Waals surface area contributed by atoms with E-state index in [2.05, 4.69) is 5.32 Å². The maximum Gasteiger partial charge on any atom is 0.292 e. The first kappa shape index (κ1) is 12.4. The fourth-order valence-electron chi connectivity index (χ4n) is 1.26. The lowest BCUT2D eigenvalue weighted by molar-refractivity contribution is -0.384. The fourth-order valence-corrected chi connectivity index (χ4v) is 1.26. The van der Waals surface area contributed by atoms with E-state index in [4.69, 9.17) is 4.74 Å². The molecule has 2 N–H and O–H groups in total. The van der Waals surface area contributed by atoms with Crippen LogP contribution < -0.4 is 5.32 Å². The number of nitrogens with one attached hydrogen (secondary N) is 1. The summed E-state index contributed by atoms with van der Waals surface area (Å²) in [6.45, 7) is 0.395. The van der Waals surface area contributed by atoms with Crippen molar-refractivity contribution in [3.05, 3.63) is 34.4 Å². The van der Waals surface area contributed by atoms with E-state index in [0.717, 1.165) is 0 Å². The number of nitro groups is 1. The molecule has 6 nitrogen and oxygen atoms in total. The quantitative estimate of drug-likeness (QED) is 0.558. The van der Waals surface area contributed by atoms with Gasteiger partial charge < -0.3 is 15.2 Å². The van der Waals surface area contributed by atoms with Gasteiger partial charge in [-0.2, -0.15) is 0 Å². The number of aliphatic hydroxyl groups is 1. The average molecular weight is 226 g/mol. The Morgan fingerprint density at radius 3 is 2.88 bits per heavy atom. The summed E-state index contributed by atoms with van der Waals surface area (Å²) in [6.07, 6.45) is -0.690. The molecule has 0 saturated carbocycles. The van der Waals surface area contributed by atoms with E-state index in [9.17, 15) is 15.2 Å². The first-order chi connectivity index (χ1) is 7.65. The molecule has 16 heavy (non-hydrogen) atoms. The highest BCUT2D eigenvalue weighted by Gasteiger charge is 2.12. The maximum absolute atomic E-state index is 10.7. The van der Waals surface area contributed by atoms with Crippen LogP contribution in [-0.2, 0) is 4.74 Å². The van der Waals surface area contributed by atoms with Gasteiger partial charge in [0.05, 0.1) is 17.6 Å². The topological polar surface area (TPSA) is 84.6 Å². The van der Waals surface area contributed by atoms with E-state index in [1.165, 1.54) is 13.2 Å². The summed E-state index contributed by atoms with van der Waals surface area (Å²) in [7, 11) is 1.48. The molecule has 0 aliphatic carbocycles. The van der Waals surface area contributed by atoms with E-state index >= 15 is 0 Å². The minimum absolute atomic E-state index is 0.00730. The number of aliphatic hydroxyl groups excluding tert-OH is 1. The third-order valence-electron chi connectivity index (χ3n) is 1.99. The zero-order chi connectivity index (χ0) is 12.0. The highest BCUT2D eigenvalue weighted by molar-refractivity contribution is 5.61. The van der Waals surface area contributed by atoms with Crippen LogP contribution in [0, 0.1) is 10.1 Å². The van der Waals surface area contributed by atoms with E-state index in [0.29, 0.717) is 5.69 Å². The number of hydrogen-bond acceptors (Lipinski definition) is 5. The number of rotatable bonds is 6. The van der Waals surface area contributed by atoms with Crippen LogP contribution in [0.4, 0.5) is 11.4 Å². The summed E-state index contributed by atoms with van der Waals surface area (Å²) in [4.78, 5) is 10.2.